The van der Waals surface area contributed by atoms with Crippen LogP contribution < -0.4 is 10.9 Å². The van der Waals surface area contributed by atoms with E-state index in [0.717, 1.165) is 42.3 Å². The maximum Gasteiger partial charge on any atom is 0.260 e. The van der Waals surface area contributed by atoms with E-state index in [9.17, 15) is 9.59 Å². The number of aromatic nitrogens is 2. The molecule has 0 bridgehead atoms. The van der Waals surface area contributed by atoms with Gasteiger partial charge in [-0.3, -0.25) is 9.59 Å². The van der Waals surface area contributed by atoms with E-state index in [2.05, 4.69) is 22.2 Å². The number of thioether (sulfide) groups is 1. The number of hydrogen-bond donors (Lipinski definition) is 2. The Balaban J connectivity index is 1.57. The van der Waals surface area contributed by atoms with Gasteiger partial charge in [0.1, 0.15) is 4.83 Å². The molecule has 1 unspecified atom stereocenters. The molecule has 0 aromatic carbocycles. The minimum absolute atomic E-state index is 0.0135. The van der Waals surface area contributed by atoms with E-state index in [-0.39, 0.29) is 11.5 Å². The van der Waals surface area contributed by atoms with Gasteiger partial charge in [0.25, 0.3) is 5.56 Å². The smallest absolute Gasteiger partial charge is 0.260 e. The summed E-state index contributed by atoms with van der Waals surface area (Å²) < 4.78 is 0. The van der Waals surface area contributed by atoms with Gasteiger partial charge in [0.2, 0.25) is 5.91 Å². The van der Waals surface area contributed by atoms with Crippen molar-refractivity contribution >= 4 is 39.2 Å². The third-order valence-corrected chi connectivity index (χ3v) is 6.45. The molecule has 1 amide bonds. The van der Waals surface area contributed by atoms with Gasteiger partial charge in [-0.15, -0.1) is 11.3 Å². The first kappa shape index (κ1) is 15.2. The van der Waals surface area contributed by atoms with Crippen LogP contribution in [-0.4, -0.2) is 27.7 Å². The molecule has 2 heterocycles. The highest BCUT2D eigenvalue weighted by Gasteiger charge is 2.24. The molecule has 5 nitrogen and oxygen atoms in total. The summed E-state index contributed by atoms with van der Waals surface area (Å²) in [7, 11) is 0. The second-order valence-electron chi connectivity index (χ2n) is 6.53. The zero-order valence-corrected chi connectivity index (χ0v) is 14.6. The molecule has 1 atom stereocenters. The SMILES string of the molecule is CC1CCc2c(sc3nc(SCC(=O)NC4CC4)[nH]c(=O)c23)C1. The number of amides is 1. The Labute approximate surface area is 142 Å². The van der Waals surface area contributed by atoms with Crippen LogP contribution in [0.15, 0.2) is 9.95 Å². The normalized spacial score (nSPS) is 20.5. The van der Waals surface area contributed by atoms with Crippen molar-refractivity contribution in [1.29, 1.82) is 0 Å². The number of aromatic amines is 1. The molecule has 7 heteroatoms. The Kier molecular flexibility index (Phi) is 3.93. The maximum atomic E-state index is 12.4. The summed E-state index contributed by atoms with van der Waals surface area (Å²) in [4.78, 5) is 33.8. The molecule has 0 spiro atoms. The highest BCUT2D eigenvalue weighted by Crippen LogP contribution is 2.36. The van der Waals surface area contributed by atoms with Crippen molar-refractivity contribution in [3.63, 3.8) is 0 Å². The number of fused-ring (bicyclic) bond motifs is 3. The minimum atomic E-state index is -0.0628. The number of nitrogens with zero attached hydrogens (tertiary/aromatic N) is 1. The van der Waals surface area contributed by atoms with Gasteiger partial charge >= 0.3 is 0 Å². The Bertz CT molecular complexity index is 823. The summed E-state index contributed by atoms with van der Waals surface area (Å²) in [5.41, 5.74) is 1.13. The Morgan fingerprint density at radius 2 is 2.26 bits per heavy atom. The van der Waals surface area contributed by atoms with Crippen LogP contribution in [0, 0.1) is 5.92 Å². The summed E-state index contributed by atoms with van der Waals surface area (Å²) in [5.74, 6) is 0.988. The van der Waals surface area contributed by atoms with Crippen molar-refractivity contribution in [2.24, 2.45) is 5.92 Å². The van der Waals surface area contributed by atoms with Crippen LogP contribution in [0.3, 0.4) is 0 Å². The molecule has 2 aromatic rings. The van der Waals surface area contributed by atoms with Crippen LogP contribution in [0.1, 0.15) is 36.6 Å². The third kappa shape index (κ3) is 3.17. The molecule has 2 aliphatic rings. The first-order chi connectivity index (χ1) is 11.1. The molecular weight excluding hydrogens is 330 g/mol. The lowest BCUT2D eigenvalue weighted by Gasteiger charge is -2.17. The van der Waals surface area contributed by atoms with Crippen LogP contribution >= 0.6 is 23.1 Å². The monoisotopic (exact) mass is 349 g/mol. The Morgan fingerprint density at radius 3 is 3.04 bits per heavy atom. The van der Waals surface area contributed by atoms with Gasteiger partial charge in [0.05, 0.1) is 11.1 Å². The van der Waals surface area contributed by atoms with Gasteiger partial charge in [-0.2, -0.15) is 0 Å². The number of carbonyl (C=O) groups is 1. The average Bonchev–Trinajstić information content (AvgIpc) is 3.23. The Hall–Kier alpha value is -1.34. The molecular formula is C16H19N3O2S2. The van der Waals surface area contributed by atoms with Crippen molar-refractivity contribution in [3.05, 3.63) is 20.8 Å². The highest BCUT2D eigenvalue weighted by molar-refractivity contribution is 7.99. The van der Waals surface area contributed by atoms with E-state index in [1.54, 1.807) is 11.3 Å². The van der Waals surface area contributed by atoms with Crippen LogP contribution in [-0.2, 0) is 17.6 Å². The summed E-state index contributed by atoms with van der Waals surface area (Å²) in [5, 5.41) is 4.25. The fourth-order valence-corrected chi connectivity index (χ4v) is 5.14. The minimum Gasteiger partial charge on any atom is -0.353 e. The van der Waals surface area contributed by atoms with E-state index in [0.29, 0.717) is 22.9 Å². The lowest BCUT2D eigenvalue weighted by molar-refractivity contribution is -0.118. The highest BCUT2D eigenvalue weighted by atomic mass is 32.2. The van der Waals surface area contributed by atoms with Gasteiger partial charge < -0.3 is 10.3 Å². The number of nitrogens with one attached hydrogen (secondary N) is 2. The number of aryl methyl sites for hydroxylation is 1. The van der Waals surface area contributed by atoms with E-state index in [1.165, 1.54) is 22.2 Å². The summed E-state index contributed by atoms with van der Waals surface area (Å²) in [6.07, 6.45) is 5.31. The van der Waals surface area contributed by atoms with Gasteiger partial charge in [-0.25, -0.2) is 4.98 Å². The molecule has 1 fully saturated rings. The third-order valence-electron chi connectivity index (χ3n) is 4.43. The van der Waals surface area contributed by atoms with Gasteiger partial charge in [-0.1, -0.05) is 18.7 Å². The number of thiophene rings is 1. The van der Waals surface area contributed by atoms with E-state index < -0.39 is 0 Å². The first-order valence-corrected chi connectivity index (χ1v) is 9.87. The molecule has 2 N–H and O–H groups in total. The predicted octanol–water partition coefficient (Wildman–Crippen LogP) is 2.48. The van der Waals surface area contributed by atoms with E-state index in [4.69, 9.17) is 0 Å². The lowest BCUT2D eigenvalue weighted by atomic mass is 9.89. The van der Waals surface area contributed by atoms with Crippen molar-refractivity contribution in [1.82, 2.24) is 15.3 Å². The van der Waals surface area contributed by atoms with Crippen LogP contribution in [0.2, 0.25) is 0 Å². The quantitative estimate of drug-likeness (QED) is 0.657. The first-order valence-electron chi connectivity index (χ1n) is 8.07. The van der Waals surface area contributed by atoms with Crippen molar-refractivity contribution in [3.8, 4) is 0 Å². The predicted molar refractivity (Wildman–Crippen MR) is 93.3 cm³/mol. The second kappa shape index (κ2) is 5.94. The van der Waals surface area contributed by atoms with E-state index >= 15 is 0 Å². The number of hydrogen-bond acceptors (Lipinski definition) is 5. The van der Waals surface area contributed by atoms with Gasteiger partial charge in [-0.05, 0) is 43.6 Å². The Morgan fingerprint density at radius 1 is 1.43 bits per heavy atom. The maximum absolute atomic E-state index is 12.4. The van der Waals surface area contributed by atoms with E-state index in [1.807, 2.05) is 0 Å². The number of carbonyl (C=O) groups excluding carboxylic acids is 1. The average molecular weight is 349 g/mol. The molecule has 2 aliphatic carbocycles. The molecule has 23 heavy (non-hydrogen) atoms. The summed E-state index contributed by atoms with van der Waals surface area (Å²) in [6, 6.07) is 0.364. The van der Waals surface area contributed by atoms with Crippen LogP contribution in [0.4, 0.5) is 0 Å². The summed E-state index contributed by atoms with van der Waals surface area (Å²) in [6.45, 7) is 2.25. The van der Waals surface area contributed by atoms with Crippen LogP contribution in [0.5, 0.6) is 0 Å². The topological polar surface area (TPSA) is 74.8 Å². The zero-order chi connectivity index (χ0) is 16.0. The van der Waals surface area contributed by atoms with Gasteiger partial charge in [0.15, 0.2) is 5.16 Å². The largest absolute Gasteiger partial charge is 0.353 e. The van der Waals surface area contributed by atoms with Crippen molar-refractivity contribution in [2.75, 3.05) is 5.75 Å². The second-order valence-corrected chi connectivity index (χ2v) is 8.58. The molecule has 0 saturated heterocycles. The number of rotatable bonds is 4. The van der Waals surface area contributed by atoms with Gasteiger partial charge in [0, 0.05) is 10.9 Å². The molecule has 0 radical (unpaired) electrons. The number of H-pyrrole nitrogens is 1. The van der Waals surface area contributed by atoms with Crippen molar-refractivity contribution < 1.29 is 4.79 Å². The zero-order valence-electron chi connectivity index (χ0n) is 13.0. The fraction of sp³-hybridized carbons (Fsp3) is 0.562. The van der Waals surface area contributed by atoms with Crippen LogP contribution in [0.25, 0.3) is 10.2 Å². The molecule has 4 rings (SSSR count). The molecule has 122 valence electrons. The summed E-state index contributed by atoms with van der Waals surface area (Å²) >= 11 is 2.94. The molecule has 0 aliphatic heterocycles. The lowest BCUT2D eigenvalue weighted by Crippen LogP contribution is -2.27. The standard InChI is InChI=1S/C16H19N3O2S2/c1-8-2-5-10-11(6-8)23-15-13(10)14(21)18-16(19-15)22-7-12(20)17-9-3-4-9/h8-9H,2-7H2,1H3,(H,17,20)(H,18,19,21). The molecule has 2 aromatic heterocycles. The fourth-order valence-electron chi connectivity index (χ4n) is 3.03. The molecule has 1 saturated carbocycles. The van der Waals surface area contributed by atoms with Crippen molar-refractivity contribution in [2.45, 2.75) is 50.2 Å².